The van der Waals surface area contributed by atoms with E-state index in [2.05, 4.69) is 5.32 Å². The molecule has 0 atom stereocenters. The van der Waals surface area contributed by atoms with Crippen molar-refractivity contribution in [2.75, 3.05) is 34.4 Å². The Hall–Kier alpha value is -3.74. The molecule has 1 aliphatic rings. The molecule has 3 rings (SSSR count). The first kappa shape index (κ1) is 25.9. The summed E-state index contributed by atoms with van der Waals surface area (Å²) in [5, 5.41) is 1.50. The topological polar surface area (TPSA) is 94.2 Å². The Kier molecular flexibility index (Phi) is 7.89. The van der Waals surface area contributed by atoms with Crippen molar-refractivity contribution in [2.24, 2.45) is 0 Å². The van der Waals surface area contributed by atoms with Gasteiger partial charge >= 0.3 is 0 Å². The summed E-state index contributed by atoms with van der Waals surface area (Å²) in [5.41, 5.74) is -0.577. The number of ether oxygens (including phenoxy) is 3. The molecule has 1 aliphatic heterocycles. The summed E-state index contributed by atoms with van der Waals surface area (Å²) >= 11 is 0.649. The van der Waals surface area contributed by atoms with Gasteiger partial charge in [0, 0.05) is 13.1 Å². The molecule has 8 nitrogen and oxygen atoms in total. The first-order valence-electron chi connectivity index (χ1n) is 9.79. The third-order valence-corrected chi connectivity index (χ3v) is 5.73. The number of hydrogen-bond acceptors (Lipinski definition) is 7. The summed E-state index contributed by atoms with van der Waals surface area (Å²) < 4.78 is 69.2. The number of imide groups is 1. The highest BCUT2D eigenvalue weighted by Crippen LogP contribution is 2.40. The zero-order valence-corrected chi connectivity index (χ0v) is 19.4. The lowest BCUT2D eigenvalue weighted by atomic mass is 10.1. The molecule has 1 N–H and O–H groups in total. The van der Waals surface area contributed by atoms with Gasteiger partial charge in [-0.2, -0.15) is 0 Å². The third-order valence-electron chi connectivity index (χ3n) is 4.83. The Morgan fingerprint density at radius 2 is 1.60 bits per heavy atom. The Morgan fingerprint density at radius 1 is 0.971 bits per heavy atom. The Bertz CT molecular complexity index is 1210. The maximum atomic E-state index is 13.8. The van der Waals surface area contributed by atoms with Crippen LogP contribution in [0.15, 0.2) is 23.1 Å². The molecular weight excluding hydrogens is 496 g/mol. The summed E-state index contributed by atoms with van der Waals surface area (Å²) in [6.45, 7) is -0.662. The minimum atomic E-state index is -2.13. The van der Waals surface area contributed by atoms with Gasteiger partial charge in [-0.1, -0.05) is 0 Å². The number of amides is 3. The van der Waals surface area contributed by atoms with Crippen LogP contribution < -0.4 is 19.5 Å². The molecule has 0 spiro atoms. The maximum absolute atomic E-state index is 13.8. The van der Waals surface area contributed by atoms with Crippen LogP contribution in [0.25, 0.3) is 6.08 Å². The fourth-order valence-electron chi connectivity index (χ4n) is 3.14. The monoisotopic (exact) mass is 514 g/mol. The second kappa shape index (κ2) is 10.7. The van der Waals surface area contributed by atoms with E-state index in [1.54, 1.807) is 12.1 Å². The van der Waals surface area contributed by atoms with Gasteiger partial charge in [-0.25, -0.2) is 17.6 Å². The Morgan fingerprint density at radius 3 is 2.17 bits per heavy atom. The standard InChI is InChI=1S/C22H18F4N2O6S/c1-32-13-6-10(7-14(33-2)19(13)34-3)8-15-21(30)28(22(31)35-15)5-4-27-20(29)11-9-12(23)17(25)18(26)16(11)24/h6-9H,4-5H2,1-3H3,(H,27,29). The average molecular weight is 514 g/mol. The average Bonchev–Trinajstić information content (AvgIpc) is 3.11. The summed E-state index contributed by atoms with van der Waals surface area (Å²) in [6, 6.07) is 3.36. The van der Waals surface area contributed by atoms with Crippen LogP contribution in [0.2, 0.25) is 0 Å². The van der Waals surface area contributed by atoms with E-state index in [-0.39, 0.29) is 24.1 Å². The fourth-order valence-corrected chi connectivity index (χ4v) is 4.01. The Labute approximate surface area is 200 Å². The Balaban J connectivity index is 1.71. The second-order valence-corrected chi connectivity index (χ2v) is 7.89. The second-order valence-electron chi connectivity index (χ2n) is 6.90. The number of carbonyl (C=O) groups excluding carboxylic acids is 3. The molecule has 0 saturated carbocycles. The van der Waals surface area contributed by atoms with Gasteiger partial charge in [0.25, 0.3) is 17.1 Å². The summed E-state index contributed by atoms with van der Waals surface area (Å²) in [7, 11) is 4.27. The van der Waals surface area contributed by atoms with Crippen LogP contribution in [0.4, 0.5) is 22.4 Å². The highest BCUT2D eigenvalue weighted by molar-refractivity contribution is 8.18. The summed E-state index contributed by atoms with van der Waals surface area (Å²) in [5.74, 6) is -8.67. The lowest BCUT2D eigenvalue weighted by molar-refractivity contribution is -0.122. The van der Waals surface area contributed by atoms with Gasteiger partial charge in [-0.15, -0.1) is 0 Å². The number of carbonyl (C=O) groups is 3. The molecule has 2 aromatic rings. The predicted octanol–water partition coefficient (Wildman–Crippen LogP) is 3.74. The smallest absolute Gasteiger partial charge is 0.293 e. The zero-order valence-electron chi connectivity index (χ0n) is 18.5. The number of halogens is 4. The van der Waals surface area contributed by atoms with E-state index in [4.69, 9.17) is 14.2 Å². The molecule has 0 bridgehead atoms. The number of methoxy groups -OCH3 is 3. The minimum Gasteiger partial charge on any atom is -0.493 e. The van der Waals surface area contributed by atoms with E-state index < -0.39 is 45.9 Å². The number of hydrogen-bond donors (Lipinski definition) is 1. The molecule has 35 heavy (non-hydrogen) atoms. The molecule has 13 heteroatoms. The van der Waals surface area contributed by atoms with Crippen molar-refractivity contribution in [1.82, 2.24) is 10.2 Å². The lowest BCUT2D eigenvalue weighted by Crippen LogP contribution is -2.37. The van der Waals surface area contributed by atoms with Gasteiger partial charge in [0.1, 0.15) is 0 Å². The van der Waals surface area contributed by atoms with Crippen molar-refractivity contribution in [1.29, 1.82) is 0 Å². The quantitative estimate of drug-likeness (QED) is 0.248. The minimum absolute atomic E-state index is 0.0734. The maximum Gasteiger partial charge on any atom is 0.293 e. The number of rotatable bonds is 8. The summed E-state index contributed by atoms with van der Waals surface area (Å²) in [4.78, 5) is 38.0. The van der Waals surface area contributed by atoms with E-state index >= 15 is 0 Å². The van der Waals surface area contributed by atoms with Crippen molar-refractivity contribution in [3.05, 3.63) is 57.5 Å². The van der Waals surface area contributed by atoms with Crippen LogP contribution in [-0.2, 0) is 4.79 Å². The molecule has 0 radical (unpaired) electrons. The lowest BCUT2D eigenvalue weighted by Gasteiger charge is -2.14. The highest BCUT2D eigenvalue weighted by Gasteiger charge is 2.35. The van der Waals surface area contributed by atoms with E-state index in [1.165, 1.54) is 27.4 Å². The molecule has 0 unspecified atom stereocenters. The number of benzene rings is 2. The van der Waals surface area contributed by atoms with Crippen molar-refractivity contribution in [3.8, 4) is 17.2 Å². The van der Waals surface area contributed by atoms with Gasteiger partial charge in [0.2, 0.25) is 5.75 Å². The molecule has 1 saturated heterocycles. The van der Waals surface area contributed by atoms with E-state index in [9.17, 15) is 31.9 Å². The third kappa shape index (κ3) is 5.19. The molecule has 2 aromatic carbocycles. The van der Waals surface area contributed by atoms with Crippen molar-refractivity contribution in [2.45, 2.75) is 0 Å². The van der Waals surface area contributed by atoms with Crippen LogP contribution >= 0.6 is 11.8 Å². The van der Waals surface area contributed by atoms with Gasteiger partial charge < -0.3 is 19.5 Å². The molecule has 0 aromatic heterocycles. The largest absolute Gasteiger partial charge is 0.493 e. The van der Waals surface area contributed by atoms with Crippen LogP contribution in [0, 0.1) is 23.3 Å². The predicted molar refractivity (Wildman–Crippen MR) is 117 cm³/mol. The van der Waals surface area contributed by atoms with Crippen LogP contribution in [0.3, 0.4) is 0 Å². The van der Waals surface area contributed by atoms with E-state index in [1.807, 2.05) is 0 Å². The molecule has 1 fully saturated rings. The fraction of sp³-hybridized carbons (Fsp3) is 0.227. The first-order chi connectivity index (χ1) is 16.6. The SMILES string of the molecule is COc1cc(C=C2SC(=O)N(CCNC(=O)c3cc(F)c(F)c(F)c3F)C2=O)cc(OC)c1OC. The highest BCUT2D eigenvalue weighted by atomic mass is 32.2. The summed E-state index contributed by atoms with van der Waals surface area (Å²) in [6.07, 6.45) is 1.44. The zero-order chi connectivity index (χ0) is 25.9. The molecule has 0 aliphatic carbocycles. The van der Waals surface area contributed by atoms with Gasteiger partial charge in [0.05, 0.1) is 31.8 Å². The van der Waals surface area contributed by atoms with E-state index in [0.29, 0.717) is 34.6 Å². The van der Waals surface area contributed by atoms with Crippen LogP contribution in [-0.4, -0.2) is 56.4 Å². The van der Waals surface area contributed by atoms with Crippen molar-refractivity contribution >= 4 is 34.9 Å². The van der Waals surface area contributed by atoms with Crippen molar-refractivity contribution < 1.29 is 46.2 Å². The van der Waals surface area contributed by atoms with Gasteiger partial charge in [0.15, 0.2) is 34.8 Å². The number of nitrogens with zero attached hydrogens (tertiary/aromatic N) is 1. The molecule has 1 heterocycles. The molecule has 3 amide bonds. The van der Waals surface area contributed by atoms with Crippen molar-refractivity contribution in [3.63, 3.8) is 0 Å². The van der Waals surface area contributed by atoms with Gasteiger partial charge in [-0.05, 0) is 41.6 Å². The van der Waals surface area contributed by atoms with Gasteiger partial charge in [-0.3, -0.25) is 19.3 Å². The van der Waals surface area contributed by atoms with E-state index in [0.717, 1.165) is 4.90 Å². The van der Waals surface area contributed by atoms with Crippen LogP contribution in [0.1, 0.15) is 15.9 Å². The number of nitrogens with one attached hydrogen (secondary N) is 1. The van der Waals surface area contributed by atoms with Crippen LogP contribution in [0.5, 0.6) is 17.2 Å². The number of thioether (sulfide) groups is 1. The normalized spacial score (nSPS) is 14.5. The first-order valence-corrected chi connectivity index (χ1v) is 10.6. The molecular formula is C22H18F4N2O6S. The molecule has 186 valence electrons.